The number of rotatable bonds is 6. The van der Waals surface area contributed by atoms with Crippen LogP contribution < -0.4 is 10.1 Å². The van der Waals surface area contributed by atoms with E-state index in [2.05, 4.69) is 5.32 Å². The summed E-state index contributed by atoms with van der Waals surface area (Å²) in [6.45, 7) is 2.50. The molecule has 1 aliphatic heterocycles. The lowest BCUT2D eigenvalue weighted by Gasteiger charge is -2.28. The lowest BCUT2D eigenvalue weighted by molar-refractivity contribution is 0.0303. The van der Waals surface area contributed by atoms with E-state index in [4.69, 9.17) is 9.47 Å². The van der Waals surface area contributed by atoms with Gasteiger partial charge >= 0.3 is 6.03 Å². The SMILES string of the molecule is COc1cc(CN(C(=O)Nc2ccccc2C(=O)N2CCOCC2)C2CC2)ccc1O. The molecule has 0 spiro atoms. The van der Waals surface area contributed by atoms with Crippen molar-refractivity contribution in [2.75, 3.05) is 38.7 Å². The number of phenolic OH excluding ortho intramolecular Hbond substituents is 1. The van der Waals surface area contributed by atoms with Gasteiger partial charge in [-0.3, -0.25) is 4.79 Å². The van der Waals surface area contributed by atoms with Gasteiger partial charge in [0.2, 0.25) is 0 Å². The molecule has 1 heterocycles. The van der Waals surface area contributed by atoms with Crippen molar-refractivity contribution in [2.24, 2.45) is 0 Å². The summed E-state index contributed by atoms with van der Waals surface area (Å²) >= 11 is 0. The van der Waals surface area contributed by atoms with Crippen LogP contribution in [0.5, 0.6) is 11.5 Å². The second-order valence-electron chi connectivity index (χ2n) is 7.75. The highest BCUT2D eigenvalue weighted by Gasteiger charge is 2.33. The first-order valence-electron chi connectivity index (χ1n) is 10.5. The zero-order chi connectivity index (χ0) is 21.8. The molecule has 2 N–H and O–H groups in total. The lowest BCUT2D eigenvalue weighted by atomic mass is 10.1. The number of ether oxygens (including phenoxy) is 2. The van der Waals surface area contributed by atoms with E-state index in [0.717, 1.165) is 18.4 Å². The van der Waals surface area contributed by atoms with Crippen LogP contribution in [0.2, 0.25) is 0 Å². The van der Waals surface area contributed by atoms with Crippen LogP contribution >= 0.6 is 0 Å². The van der Waals surface area contributed by atoms with Gasteiger partial charge in [0.1, 0.15) is 0 Å². The maximum Gasteiger partial charge on any atom is 0.322 e. The third-order valence-corrected chi connectivity index (χ3v) is 5.54. The van der Waals surface area contributed by atoms with Crippen LogP contribution in [0, 0.1) is 0 Å². The molecule has 164 valence electrons. The quantitative estimate of drug-likeness (QED) is 0.742. The van der Waals surface area contributed by atoms with E-state index in [-0.39, 0.29) is 23.7 Å². The Morgan fingerprint density at radius 3 is 2.65 bits per heavy atom. The van der Waals surface area contributed by atoms with Crippen LogP contribution in [0.15, 0.2) is 42.5 Å². The first-order valence-corrected chi connectivity index (χ1v) is 10.5. The summed E-state index contributed by atoms with van der Waals surface area (Å²) in [5, 5.41) is 12.8. The van der Waals surface area contributed by atoms with Crippen LogP contribution in [0.1, 0.15) is 28.8 Å². The molecule has 0 bridgehead atoms. The molecule has 8 nitrogen and oxygen atoms in total. The summed E-state index contributed by atoms with van der Waals surface area (Å²) in [4.78, 5) is 29.7. The summed E-state index contributed by atoms with van der Waals surface area (Å²) in [5.74, 6) is 0.319. The van der Waals surface area contributed by atoms with Crippen molar-refractivity contribution in [3.05, 3.63) is 53.6 Å². The van der Waals surface area contributed by atoms with Gasteiger partial charge in [-0.15, -0.1) is 0 Å². The molecule has 1 aliphatic carbocycles. The van der Waals surface area contributed by atoms with Crippen molar-refractivity contribution >= 4 is 17.6 Å². The van der Waals surface area contributed by atoms with Gasteiger partial charge in [0, 0.05) is 25.7 Å². The van der Waals surface area contributed by atoms with Crippen molar-refractivity contribution in [2.45, 2.75) is 25.4 Å². The van der Waals surface area contributed by atoms with Gasteiger partial charge in [0.25, 0.3) is 5.91 Å². The first-order chi connectivity index (χ1) is 15.1. The molecular weight excluding hydrogens is 398 g/mol. The van der Waals surface area contributed by atoms with Gasteiger partial charge in [-0.2, -0.15) is 0 Å². The highest BCUT2D eigenvalue weighted by Crippen LogP contribution is 2.32. The maximum atomic E-state index is 13.2. The van der Waals surface area contributed by atoms with Gasteiger partial charge in [-0.05, 0) is 42.7 Å². The number of hydrogen-bond acceptors (Lipinski definition) is 5. The predicted molar refractivity (Wildman–Crippen MR) is 115 cm³/mol. The molecule has 4 rings (SSSR count). The number of carbonyl (C=O) groups is 2. The van der Waals surface area contributed by atoms with Crippen molar-refractivity contribution in [1.82, 2.24) is 9.80 Å². The van der Waals surface area contributed by atoms with Crippen LogP contribution in [0.25, 0.3) is 0 Å². The summed E-state index contributed by atoms with van der Waals surface area (Å²) in [6.07, 6.45) is 1.88. The number of urea groups is 1. The minimum absolute atomic E-state index is 0.0595. The summed E-state index contributed by atoms with van der Waals surface area (Å²) < 4.78 is 10.5. The highest BCUT2D eigenvalue weighted by molar-refractivity contribution is 6.03. The van der Waals surface area contributed by atoms with E-state index >= 15 is 0 Å². The molecule has 0 radical (unpaired) electrons. The molecular formula is C23H27N3O5. The molecule has 2 fully saturated rings. The van der Waals surface area contributed by atoms with Crippen LogP contribution in [-0.2, 0) is 11.3 Å². The molecule has 0 atom stereocenters. The fourth-order valence-electron chi connectivity index (χ4n) is 3.67. The molecule has 2 aromatic rings. The molecule has 0 unspecified atom stereocenters. The van der Waals surface area contributed by atoms with Gasteiger partial charge in [0.15, 0.2) is 11.5 Å². The van der Waals surface area contributed by atoms with E-state index in [9.17, 15) is 14.7 Å². The Hall–Kier alpha value is -3.26. The molecule has 0 aromatic heterocycles. The molecule has 1 saturated carbocycles. The van der Waals surface area contributed by atoms with E-state index in [1.165, 1.54) is 7.11 Å². The highest BCUT2D eigenvalue weighted by atomic mass is 16.5. The van der Waals surface area contributed by atoms with Crippen molar-refractivity contribution < 1.29 is 24.2 Å². The smallest absolute Gasteiger partial charge is 0.322 e. The lowest BCUT2D eigenvalue weighted by Crippen LogP contribution is -2.41. The van der Waals surface area contributed by atoms with Crippen LogP contribution in [0.3, 0.4) is 0 Å². The monoisotopic (exact) mass is 425 g/mol. The van der Waals surface area contributed by atoms with Crippen molar-refractivity contribution in [3.8, 4) is 11.5 Å². The zero-order valence-corrected chi connectivity index (χ0v) is 17.5. The van der Waals surface area contributed by atoms with Crippen molar-refractivity contribution in [1.29, 1.82) is 0 Å². The largest absolute Gasteiger partial charge is 0.504 e. The molecule has 1 saturated heterocycles. The maximum absolute atomic E-state index is 13.2. The number of morpholine rings is 1. The van der Waals surface area contributed by atoms with Gasteiger partial charge in [-0.25, -0.2) is 4.79 Å². The summed E-state index contributed by atoms with van der Waals surface area (Å²) in [7, 11) is 1.49. The second-order valence-corrected chi connectivity index (χ2v) is 7.75. The molecule has 8 heteroatoms. The number of amides is 3. The average molecular weight is 425 g/mol. The number of methoxy groups -OCH3 is 1. The number of benzene rings is 2. The average Bonchev–Trinajstić information content (AvgIpc) is 3.64. The van der Waals surface area contributed by atoms with E-state index in [1.807, 2.05) is 0 Å². The third kappa shape index (κ3) is 4.91. The fourth-order valence-corrected chi connectivity index (χ4v) is 3.67. The van der Waals surface area contributed by atoms with Gasteiger partial charge in [0.05, 0.1) is 31.6 Å². The predicted octanol–water partition coefficient (Wildman–Crippen LogP) is 3.07. The topological polar surface area (TPSA) is 91.3 Å². The fraction of sp³-hybridized carbons (Fsp3) is 0.391. The molecule has 2 aliphatic rings. The molecule has 31 heavy (non-hydrogen) atoms. The van der Waals surface area contributed by atoms with E-state index in [1.54, 1.807) is 52.3 Å². The number of para-hydroxylation sites is 1. The number of anilines is 1. The minimum atomic E-state index is -0.253. The number of nitrogens with one attached hydrogen (secondary N) is 1. The van der Waals surface area contributed by atoms with Gasteiger partial charge < -0.3 is 29.7 Å². The minimum Gasteiger partial charge on any atom is -0.504 e. The zero-order valence-electron chi connectivity index (χ0n) is 17.5. The molecule has 2 aromatic carbocycles. The Bertz CT molecular complexity index is 954. The standard InChI is InChI=1S/C23H27N3O5/c1-30-21-14-16(6-9-20(21)27)15-26(17-7-8-17)23(29)24-19-5-3-2-4-18(19)22(28)25-10-12-31-13-11-25/h2-6,9,14,17,27H,7-8,10-13,15H2,1H3,(H,24,29). The summed E-state index contributed by atoms with van der Waals surface area (Å²) in [6, 6.07) is 12.1. The Morgan fingerprint density at radius 2 is 1.94 bits per heavy atom. The number of carbonyl (C=O) groups excluding carboxylic acids is 2. The van der Waals surface area contributed by atoms with Crippen LogP contribution in [0.4, 0.5) is 10.5 Å². The van der Waals surface area contributed by atoms with E-state index < -0.39 is 0 Å². The second kappa shape index (κ2) is 9.26. The number of nitrogens with zero attached hydrogens (tertiary/aromatic N) is 2. The number of phenols is 1. The Kier molecular flexibility index (Phi) is 6.27. The third-order valence-electron chi connectivity index (χ3n) is 5.54. The Morgan fingerprint density at radius 1 is 1.19 bits per heavy atom. The van der Waals surface area contributed by atoms with Gasteiger partial charge in [-0.1, -0.05) is 18.2 Å². The Labute approximate surface area is 181 Å². The Balaban J connectivity index is 1.50. The first kappa shape index (κ1) is 21.0. The number of aromatic hydroxyl groups is 1. The normalized spacial score (nSPS) is 16.0. The van der Waals surface area contributed by atoms with E-state index in [0.29, 0.717) is 49.8 Å². The van der Waals surface area contributed by atoms with Crippen molar-refractivity contribution in [3.63, 3.8) is 0 Å². The van der Waals surface area contributed by atoms with Crippen LogP contribution in [-0.4, -0.2) is 66.3 Å². The molecule has 3 amide bonds. The summed E-state index contributed by atoms with van der Waals surface area (Å²) in [5.41, 5.74) is 1.83. The number of hydrogen-bond donors (Lipinski definition) is 2.